The molecular formula is C16H12B2. The number of allylic oxidation sites excluding steroid dienone is 2. The van der Waals surface area contributed by atoms with Gasteiger partial charge in [-0.1, -0.05) is 72.8 Å². The molecule has 0 saturated heterocycles. The Labute approximate surface area is 111 Å². The monoisotopic (exact) mass is 226 g/mol. The lowest BCUT2D eigenvalue weighted by Crippen LogP contribution is -1.89. The summed E-state index contributed by atoms with van der Waals surface area (Å²) in [5.41, 5.74) is 2.98. The van der Waals surface area contributed by atoms with Crippen LogP contribution < -0.4 is 0 Å². The van der Waals surface area contributed by atoms with E-state index in [0.717, 1.165) is 16.7 Å². The van der Waals surface area contributed by atoms with Crippen LogP contribution >= 0.6 is 0 Å². The van der Waals surface area contributed by atoms with Gasteiger partial charge in [0.2, 0.25) is 0 Å². The number of benzene rings is 2. The van der Waals surface area contributed by atoms with Crippen molar-refractivity contribution in [2.45, 2.75) is 0 Å². The molecule has 0 unspecified atom stereocenters. The second-order valence-corrected chi connectivity index (χ2v) is 3.98. The van der Waals surface area contributed by atoms with Crippen LogP contribution in [0.2, 0.25) is 0 Å². The Morgan fingerprint density at radius 3 is 1.89 bits per heavy atom. The summed E-state index contributed by atoms with van der Waals surface area (Å²) in [6, 6.07) is 19.9. The van der Waals surface area contributed by atoms with Gasteiger partial charge in [-0.05, 0) is 16.7 Å². The van der Waals surface area contributed by atoms with Crippen molar-refractivity contribution in [3.63, 3.8) is 0 Å². The Morgan fingerprint density at radius 2 is 1.33 bits per heavy atom. The van der Waals surface area contributed by atoms with Crippen molar-refractivity contribution in [1.29, 1.82) is 0 Å². The van der Waals surface area contributed by atoms with E-state index in [1.807, 2.05) is 72.8 Å². The van der Waals surface area contributed by atoms with E-state index in [0.29, 0.717) is 5.37 Å². The molecule has 0 bridgehead atoms. The predicted molar refractivity (Wildman–Crippen MR) is 80.3 cm³/mol. The lowest BCUT2D eigenvalue weighted by atomic mass is 9.73. The normalized spacial score (nSPS) is 10.4. The third-order valence-corrected chi connectivity index (χ3v) is 2.64. The van der Waals surface area contributed by atoms with Gasteiger partial charge >= 0.3 is 0 Å². The molecule has 0 aromatic heterocycles. The van der Waals surface area contributed by atoms with E-state index in [1.54, 1.807) is 0 Å². The molecule has 4 radical (unpaired) electrons. The summed E-state index contributed by atoms with van der Waals surface area (Å²) >= 11 is 0. The van der Waals surface area contributed by atoms with E-state index >= 15 is 0 Å². The van der Waals surface area contributed by atoms with Gasteiger partial charge in [-0.2, -0.15) is 5.37 Å². The fourth-order valence-corrected chi connectivity index (χ4v) is 1.72. The molecule has 0 atom stereocenters. The summed E-state index contributed by atoms with van der Waals surface area (Å²) in [4.78, 5) is 0. The molecule has 0 aliphatic heterocycles. The fourth-order valence-electron chi connectivity index (χ4n) is 1.72. The highest BCUT2D eigenvalue weighted by molar-refractivity contribution is 6.51. The quantitative estimate of drug-likeness (QED) is 0.555. The van der Waals surface area contributed by atoms with Gasteiger partial charge in [-0.3, -0.25) is 0 Å². The van der Waals surface area contributed by atoms with Crippen LogP contribution in [-0.4, -0.2) is 15.7 Å². The molecule has 0 spiro atoms. The van der Waals surface area contributed by atoms with E-state index in [-0.39, 0.29) is 0 Å². The van der Waals surface area contributed by atoms with Crippen LogP contribution in [0.25, 0.3) is 11.6 Å². The van der Waals surface area contributed by atoms with Crippen molar-refractivity contribution in [1.82, 2.24) is 0 Å². The molecular weight excluding hydrogens is 214 g/mol. The maximum atomic E-state index is 5.74. The first-order valence-electron chi connectivity index (χ1n) is 5.81. The molecule has 0 aliphatic carbocycles. The molecule has 82 valence electrons. The maximum Gasteiger partial charge on any atom is 0.0931 e. The van der Waals surface area contributed by atoms with Gasteiger partial charge in [-0.25, -0.2) is 0 Å². The van der Waals surface area contributed by atoms with E-state index in [9.17, 15) is 0 Å². The molecule has 0 heterocycles. The Hall–Kier alpha value is -1.95. The highest BCUT2D eigenvalue weighted by Crippen LogP contribution is 2.18. The first kappa shape index (κ1) is 12.5. The molecule has 18 heavy (non-hydrogen) atoms. The van der Waals surface area contributed by atoms with Crippen LogP contribution in [-0.2, 0) is 0 Å². The zero-order valence-corrected chi connectivity index (χ0v) is 10.1. The Morgan fingerprint density at radius 1 is 0.778 bits per heavy atom. The summed E-state index contributed by atoms with van der Waals surface area (Å²) in [5, 5.41) is 0.327. The second-order valence-electron chi connectivity index (χ2n) is 3.98. The van der Waals surface area contributed by atoms with Crippen molar-refractivity contribution in [2.75, 3.05) is 0 Å². The summed E-state index contributed by atoms with van der Waals surface area (Å²) in [7, 11) is 11.5. The minimum atomic E-state index is 0.327. The van der Waals surface area contributed by atoms with Crippen LogP contribution in [0.1, 0.15) is 11.1 Å². The van der Waals surface area contributed by atoms with Crippen LogP contribution in [0.3, 0.4) is 0 Å². The zero-order valence-electron chi connectivity index (χ0n) is 10.1. The summed E-state index contributed by atoms with van der Waals surface area (Å²) in [5.74, 6) is 0. The van der Waals surface area contributed by atoms with Crippen LogP contribution in [0.15, 0.2) is 72.1 Å². The van der Waals surface area contributed by atoms with Crippen LogP contribution in [0.5, 0.6) is 0 Å². The molecule has 0 amide bonds. The largest absolute Gasteiger partial charge is 0.153 e. The number of hydrogen-bond acceptors (Lipinski definition) is 0. The molecule has 2 heteroatoms. The van der Waals surface area contributed by atoms with Crippen molar-refractivity contribution < 1.29 is 0 Å². The van der Waals surface area contributed by atoms with Crippen LogP contribution in [0, 0.1) is 0 Å². The average Bonchev–Trinajstić information content (AvgIpc) is 2.41. The van der Waals surface area contributed by atoms with Gasteiger partial charge in [0.25, 0.3) is 0 Å². The molecule has 0 nitrogen and oxygen atoms in total. The predicted octanol–water partition coefficient (Wildman–Crippen LogP) is 3.41. The highest BCUT2D eigenvalue weighted by Gasteiger charge is 1.98. The third-order valence-electron chi connectivity index (χ3n) is 2.64. The number of rotatable bonds is 3. The Balaban J connectivity index is 2.30. The van der Waals surface area contributed by atoms with Gasteiger partial charge < -0.3 is 0 Å². The molecule has 2 rings (SSSR count). The van der Waals surface area contributed by atoms with Gasteiger partial charge in [-0.15, -0.1) is 0 Å². The van der Waals surface area contributed by atoms with E-state index < -0.39 is 0 Å². The molecule has 2 aromatic rings. The third kappa shape index (κ3) is 3.27. The van der Waals surface area contributed by atoms with Gasteiger partial charge in [0.1, 0.15) is 0 Å². The van der Waals surface area contributed by atoms with Crippen LogP contribution in [0.4, 0.5) is 0 Å². The van der Waals surface area contributed by atoms with Crippen molar-refractivity contribution in [3.8, 4) is 0 Å². The zero-order chi connectivity index (χ0) is 12.8. The van der Waals surface area contributed by atoms with Gasteiger partial charge in [0.15, 0.2) is 0 Å². The lowest BCUT2D eigenvalue weighted by molar-refractivity contribution is 1.62. The van der Waals surface area contributed by atoms with Gasteiger partial charge in [0.05, 0.1) is 15.7 Å². The lowest BCUT2D eigenvalue weighted by Gasteiger charge is -2.06. The van der Waals surface area contributed by atoms with Crippen molar-refractivity contribution in [3.05, 3.63) is 83.2 Å². The maximum absolute atomic E-state index is 5.74. The fraction of sp³-hybridized carbons (Fsp3) is 0. The molecule has 0 N–H and O–H groups in total. The average molecular weight is 226 g/mol. The molecule has 0 saturated carbocycles. The van der Waals surface area contributed by atoms with Gasteiger partial charge in [0, 0.05) is 0 Å². The first-order chi connectivity index (χ1) is 8.77. The van der Waals surface area contributed by atoms with E-state index in [1.165, 1.54) is 0 Å². The minimum absolute atomic E-state index is 0.327. The summed E-state index contributed by atoms with van der Waals surface area (Å²) in [6.07, 6.45) is 3.95. The highest BCUT2D eigenvalue weighted by atomic mass is 14.0. The molecule has 0 fully saturated rings. The summed E-state index contributed by atoms with van der Waals surface area (Å²) < 4.78 is 0. The minimum Gasteiger partial charge on any atom is -0.153 e. The van der Waals surface area contributed by atoms with E-state index in [2.05, 4.69) is 0 Å². The second kappa shape index (κ2) is 6.11. The van der Waals surface area contributed by atoms with E-state index in [4.69, 9.17) is 15.7 Å². The molecule has 2 aromatic carbocycles. The van der Waals surface area contributed by atoms with Crippen molar-refractivity contribution >= 4 is 27.3 Å². The molecule has 0 aliphatic rings. The number of hydrogen-bond donors (Lipinski definition) is 0. The Kier molecular flexibility index (Phi) is 4.25. The summed E-state index contributed by atoms with van der Waals surface area (Å²) in [6.45, 7) is 0. The first-order valence-corrected chi connectivity index (χ1v) is 5.81. The SMILES string of the molecule is [B]C([B])=C(/C=C/c1ccccc1)c1ccccc1. The van der Waals surface area contributed by atoms with Crippen molar-refractivity contribution in [2.24, 2.45) is 0 Å². The standard InChI is InChI=1S/C16H12B2/c17-16(18)15(14-9-5-2-6-10-14)12-11-13-7-3-1-4-8-13/h1-12H/b12-11+. The topological polar surface area (TPSA) is 0 Å². The smallest absolute Gasteiger partial charge is 0.0931 e. The Bertz CT molecular complexity index is 550.